The summed E-state index contributed by atoms with van der Waals surface area (Å²) in [5.74, 6) is -2.26. The Labute approximate surface area is 110 Å². The topological polar surface area (TPSA) is 52.3 Å². The monoisotopic (exact) mass is 269 g/mol. The smallest absolute Gasteiger partial charge is 0.168 e. The summed E-state index contributed by atoms with van der Waals surface area (Å²) in [5.41, 5.74) is 5.57. The fourth-order valence-corrected chi connectivity index (χ4v) is 2.48. The van der Waals surface area contributed by atoms with Crippen LogP contribution in [0.2, 0.25) is 0 Å². The third-order valence-corrected chi connectivity index (χ3v) is 3.65. The van der Waals surface area contributed by atoms with Crippen molar-refractivity contribution in [2.75, 3.05) is 7.11 Å². The number of carbonyl (C=O) groups is 1. The van der Waals surface area contributed by atoms with E-state index in [0.29, 0.717) is 12.8 Å². The van der Waals surface area contributed by atoms with Crippen LogP contribution in [0.5, 0.6) is 5.75 Å². The quantitative estimate of drug-likeness (QED) is 0.858. The van der Waals surface area contributed by atoms with Gasteiger partial charge in [0, 0.05) is 18.0 Å². The summed E-state index contributed by atoms with van der Waals surface area (Å²) in [7, 11) is 1.25. The second-order valence-corrected chi connectivity index (χ2v) is 4.94. The van der Waals surface area contributed by atoms with E-state index < -0.39 is 11.6 Å². The molecule has 1 saturated carbocycles. The maximum absolute atomic E-state index is 13.8. The second kappa shape index (κ2) is 5.65. The van der Waals surface area contributed by atoms with Crippen LogP contribution in [0, 0.1) is 17.6 Å². The highest BCUT2D eigenvalue weighted by Gasteiger charge is 2.28. The number of ketones is 1. The molecular weight excluding hydrogens is 252 g/mol. The zero-order valence-corrected chi connectivity index (χ0v) is 10.8. The number of nitrogens with two attached hydrogens (primary N) is 1. The van der Waals surface area contributed by atoms with Gasteiger partial charge < -0.3 is 10.5 Å². The molecule has 1 aliphatic rings. The van der Waals surface area contributed by atoms with Crippen molar-refractivity contribution in [3.05, 3.63) is 29.3 Å². The van der Waals surface area contributed by atoms with Crippen LogP contribution in [0.3, 0.4) is 0 Å². The molecule has 0 atom stereocenters. The van der Waals surface area contributed by atoms with E-state index in [1.807, 2.05) is 0 Å². The molecule has 1 fully saturated rings. The Bertz CT molecular complexity index is 483. The lowest BCUT2D eigenvalue weighted by molar-refractivity contribution is 0.0880. The molecule has 1 aromatic rings. The van der Waals surface area contributed by atoms with E-state index in [1.54, 1.807) is 0 Å². The Hall–Kier alpha value is -1.49. The summed E-state index contributed by atoms with van der Waals surface area (Å²) in [6.45, 7) is 0. The number of Topliss-reactive ketones (excluding diaryl/α,β-unsaturated/α-hetero) is 1. The van der Waals surface area contributed by atoms with Crippen molar-refractivity contribution in [1.82, 2.24) is 0 Å². The van der Waals surface area contributed by atoms with E-state index in [-0.39, 0.29) is 29.1 Å². The van der Waals surface area contributed by atoms with Gasteiger partial charge in [0.1, 0.15) is 5.82 Å². The minimum absolute atomic E-state index is 0.113. The molecule has 2 N–H and O–H groups in total. The zero-order valence-electron chi connectivity index (χ0n) is 10.8. The van der Waals surface area contributed by atoms with Crippen LogP contribution in [0.15, 0.2) is 12.1 Å². The lowest BCUT2D eigenvalue weighted by Gasteiger charge is -2.25. The van der Waals surface area contributed by atoms with Crippen LogP contribution in [0.4, 0.5) is 8.78 Å². The molecule has 19 heavy (non-hydrogen) atoms. The Morgan fingerprint density at radius 1 is 1.21 bits per heavy atom. The molecule has 104 valence electrons. The van der Waals surface area contributed by atoms with E-state index >= 15 is 0 Å². The van der Waals surface area contributed by atoms with E-state index in [0.717, 1.165) is 25.0 Å². The maximum atomic E-state index is 13.8. The van der Waals surface area contributed by atoms with Gasteiger partial charge in [-0.1, -0.05) is 0 Å². The Kier molecular flexibility index (Phi) is 4.14. The highest BCUT2D eigenvalue weighted by molar-refractivity contribution is 5.98. The van der Waals surface area contributed by atoms with Gasteiger partial charge in [0.05, 0.1) is 12.7 Å². The zero-order chi connectivity index (χ0) is 14.0. The normalized spacial score (nSPS) is 23.2. The third kappa shape index (κ3) is 2.92. The fraction of sp³-hybridized carbons (Fsp3) is 0.500. The summed E-state index contributed by atoms with van der Waals surface area (Å²) in [4.78, 5) is 12.2. The van der Waals surface area contributed by atoms with E-state index in [1.165, 1.54) is 7.11 Å². The summed E-state index contributed by atoms with van der Waals surface area (Å²) in [6, 6.07) is 1.95. The van der Waals surface area contributed by atoms with Crippen molar-refractivity contribution >= 4 is 5.78 Å². The molecule has 0 bridgehead atoms. The van der Waals surface area contributed by atoms with Crippen LogP contribution in [0.1, 0.15) is 36.0 Å². The largest absolute Gasteiger partial charge is 0.494 e. The van der Waals surface area contributed by atoms with Crippen molar-refractivity contribution in [3.63, 3.8) is 0 Å². The first-order chi connectivity index (χ1) is 9.02. The number of halogens is 2. The number of carbonyl (C=O) groups excluding carboxylic acids is 1. The lowest BCUT2D eigenvalue weighted by atomic mass is 9.82. The summed E-state index contributed by atoms with van der Waals surface area (Å²) in [5, 5.41) is 0. The number of hydrogen-bond acceptors (Lipinski definition) is 3. The van der Waals surface area contributed by atoms with Crippen LogP contribution >= 0.6 is 0 Å². The average molecular weight is 269 g/mol. The highest BCUT2D eigenvalue weighted by Crippen LogP contribution is 2.29. The molecular formula is C14H17F2NO2. The summed E-state index contributed by atoms with van der Waals surface area (Å²) in [6.07, 6.45) is 2.76. The van der Waals surface area contributed by atoms with E-state index in [9.17, 15) is 13.6 Å². The average Bonchev–Trinajstić information content (AvgIpc) is 2.41. The first-order valence-corrected chi connectivity index (χ1v) is 6.35. The minimum Gasteiger partial charge on any atom is -0.494 e. The highest BCUT2D eigenvalue weighted by atomic mass is 19.1. The van der Waals surface area contributed by atoms with Gasteiger partial charge >= 0.3 is 0 Å². The molecule has 0 saturated heterocycles. The fourth-order valence-electron chi connectivity index (χ4n) is 2.48. The van der Waals surface area contributed by atoms with Crippen LogP contribution in [-0.2, 0) is 0 Å². The molecule has 5 heteroatoms. The molecule has 0 unspecified atom stereocenters. The predicted molar refractivity (Wildman–Crippen MR) is 67.2 cm³/mol. The minimum atomic E-state index is -0.738. The van der Waals surface area contributed by atoms with Gasteiger partial charge in [0.25, 0.3) is 0 Å². The van der Waals surface area contributed by atoms with Gasteiger partial charge in [-0.3, -0.25) is 4.79 Å². The maximum Gasteiger partial charge on any atom is 0.168 e. The number of rotatable bonds is 3. The summed E-state index contributed by atoms with van der Waals surface area (Å²) >= 11 is 0. The van der Waals surface area contributed by atoms with Crippen molar-refractivity contribution in [1.29, 1.82) is 0 Å². The third-order valence-electron chi connectivity index (χ3n) is 3.65. The van der Waals surface area contributed by atoms with E-state index in [4.69, 9.17) is 5.73 Å². The van der Waals surface area contributed by atoms with Crippen LogP contribution in [0.25, 0.3) is 0 Å². The van der Waals surface area contributed by atoms with Gasteiger partial charge in [-0.2, -0.15) is 0 Å². The van der Waals surface area contributed by atoms with Gasteiger partial charge in [0.15, 0.2) is 17.3 Å². The van der Waals surface area contributed by atoms with Crippen molar-refractivity contribution in [2.45, 2.75) is 31.7 Å². The van der Waals surface area contributed by atoms with Crippen LogP contribution < -0.4 is 10.5 Å². The molecule has 2 rings (SSSR count). The molecule has 0 radical (unpaired) electrons. The second-order valence-electron chi connectivity index (χ2n) is 4.94. The summed E-state index contributed by atoms with van der Waals surface area (Å²) < 4.78 is 32.0. The van der Waals surface area contributed by atoms with Gasteiger partial charge in [-0.15, -0.1) is 0 Å². The molecule has 0 aliphatic heterocycles. The molecule has 0 heterocycles. The molecule has 1 aromatic carbocycles. The van der Waals surface area contributed by atoms with Gasteiger partial charge in [-0.25, -0.2) is 8.78 Å². The molecule has 0 aromatic heterocycles. The number of methoxy groups -OCH3 is 1. The number of ether oxygens (including phenoxy) is 1. The number of benzene rings is 1. The Morgan fingerprint density at radius 3 is 2.42 bits per heavy atom. The van der Waals surface area contributed by atoms with Gasteiger partial charge in [-0.05, 0) is 31.7 Å². The molecule has 0 spiro atoms. The van der Waals surface area contributed by atoms with Crippen LogP contribution in [-0.4, -0.2) is 18.9 Å². The molecule has 3 nitrogen and oxygen atoms in total. The van der Waals surface area contributed by atoms with Crippen molar-refractivity contribution < 1.29 is 18.3 Å². The standard InChI is InChI=1S/C14H17F2NO2/c1-19-13-7-11(15)10(6-12(13)16)14(18)8-2-4-9(17)5-3-8/h6-9H,2-5,17H2,1H3. The van der Waals surface area contributed by atoms with Gasteiger partial charge in [0.2, 0.25) is 0 Å². The first-order valence-electron chi connectivity index (χ1n) is 6.35. The Balaban J connectivity index is 2.22. The Morgan fingerprint density at radius 2 is 1.84 bits per heavy atom. The molecule has 1 aliphatic carbocycles. The van der Waals surface area contributed by atoms with Crippen molar-refractivity contribution in [2.24, 2.45) is 11.7 Å². The van der Waals surface area contributed by atoms with E-state index in [2.05, 4.69) is 4.74 Å². The number of hydrogen-bond donors (Lipinski definition) is 1. The SMILES string of the molecule is COc1cc(F)c(C(=O)C2CCC(N)CC2)cc1F. The molecule has 0 amide bonds. The predicted octanol–water partition coefficient (Wildman–Crippen LogP) is 2.67. The lowest BCUT2D eigenvalue weighted by Crippen LogP contribution is -2.30. The first kappa shape index (κ1) is 13.9. The van der Waals surface area contributed by atoms with Crippen molar-refractivity contribution in [3.8, 4) is 5.75 Å².